The van der Waals surface area contributed by atoms with Gasteiger partial charge in [0, 0.05) is 16.7 Å². The molecule has 11 heteroatoms. The van der Waals surface area contributed by atoms with E-state index in [1.165, 1.54) is 31.2 Å². The van der Waals surface area contributed by atoms with Gasteiger partial charge in [-0.25, -0.2) is 32.5 Å². The van der Waals surface area contributed by atoms with E-state index in [1.807, 2.05) is 6.07 Å². The molecule has 0 fully saturated rings. The van der Waals surface area contributed by atoms with Gasteiger partial charge in [0.25, 0.3) is 5.70 Å². The van der Waals surface area contributed by atoms with Crippen molar-refractivity contribution >= 4 is 11.3 Å². The zero-order chi connectivity index (χ0) is 31.4. The van der Waals surface area contributed by atoms with Crippen LogP contribution in [0.2, 0.25) is 0 Å². The predicted molar refractivity (Wildman–Crippen MR) is 142 cm³/mol. The Labute approximate surface area is 239 Å². The Balaban J connectivity index is 1.83. The number of nitriles is 2. The summed E-state index contributed by atoms with van der Waals surface area (Å²) in [6.45, 7) is 16.5. The van der Waals surface area contributed by atoms with Gasteiger partial charge in [0.1, 0.15) is 28.8 Å². The van der Waals surface area contributed by atoms with Crippen molar-refractivity contribution in [3.8, 4) is 45.5 Å². The van der Waals surface area contributed by atoms with Crippen LogP contribution >= 0.6 is 0 Å². The molecule has 4 aromatic rings. The third-order valence-electron chi connectivity index (χ3n) is 7.05. The molecule has 43 heavy (non-hydrogen) atoms. The molecular formula is C32H11F7N4. The molecule has 0 unspecified atom stereocenters. The quantitative estimate of drug-likeness (QED) is 0.118. The largest absolute Gasteiger partial charge is 0.422 e. The van der Waals surface area contributed by atoms with Crippen LogP contribution in [0.25, 0.3) is 48.6 Å². The fourth-order valence-corrected chi connectivity index (χ4v) is 5.04. The van der Waals surface area contributed by atoms with Crippen molar-refractivity contribution in [2.45, 2.75) is 13.1 Å². The maximum atomic E-state index is 14.5. The van der Waals surface area contributed by atoms with E-state index in [-0.39, 0.29) is 61.3 Å². The first-order valence-electron chi connectivity index (χ1n) is 12.0. The molecular weight excluding hydrogens is 573 g/mol. The number of alkyl halides is 3. The molecule has 1 aliphatic rings. The fourth-order valence-electron chi connectivity index (χ4n) is 5.04. The summed E-state index contributed by atoms with van der Waals surface area (Å²) in [6.07, 6.45) is -5.32. The van der Waals surface area contributed by atoms with Gasteiger partial charge in [-0.2, -0.15) is 18.4 Å². The molecule has 208 valence electrons. The van der Waals surface area contributed by atoms with Gasteiger partial charge in [0.15, 0.2) is 5.69 Å². The predicted octanol–water partition coefficient (Wildman–Crippen LogP) is 9.51. The number of benzene rings is 4. The lowest BCUT2D eigenvalue weighted by atomic mass is 9.92. The number of allylic oxidation sites excluding steroid dienone is 1. The van der Waals surface area contributed by atoms with Crippen molar-refractivity contribution in [2.75, 3.05) is 0 Å². The standard InChI is InChI=1S/C32H11F7N4/c1-14-24(33)5-16(6-25(14)34)19-10-23-21(11-28(19)42-2)20-4-17(12-40)18(9-22(20)30(23)29(13-41)43-3)15-7-26(35)31(27(36)8-15)32(37,38)39/h4-11H,1H3/b30-29-. The maximum Gasteiger partial charge on any atom is 0.422 e. The van der Waals surface area contributed by atoms with E-state index >= 15 is 0 Å². The third kappa shape index (κ3) is 4.54. The zero-order valence-corrected chi connectivity index (χ0v) is 21.6. The van der Waals surface area contributed by atoms with Gasteiger partial charge < -0.3 is 0 Å². The third-order valence-corrected chi connectivity index (χ3v) is 7.05. The van der Waals surface area contributed by atoms with Crippen molar-refractivity contribution in [3.05, 3.63) is 128 Å². The molecule has 5 rings (SSSR count). The first-order chi connectivity index (χ1) is 20.3. The maximum absolute atomic E-state index is 14.5. The topological polar surface area (TPSA) is 56.3 Å². The highest BCUT2D eigenvalue weighted by Crippen LogP contribution is 2.51. The lowest BCUT2D eigenvalue weighted by Crippen LogP contribution is -2.11. The molecule has 0 saturated heterocycles. The zero-order valence-electron chi connectivity index (χ0n) is 21.6. The van der Waals surface area contributed by atoms with E-state index < -0.39 is 46.3 Å². The minimum atomic E-state index is -5.32. The van der Waals surface area contributed by atoms with Crippen LogP contribution in [0.15, 0.2) is 54.2 Å². The normalized spacial score (nSPS) is 12.8. The Morgan fingerprint density at radius 3 is 1.70 bits per heavy atom. The van der Waals surface area contributed by atoms with Crippen LogP contribution in [0.5, 0.6) is 0 Å². The van der Waals surface area contributed by atoms with Crippen LogP contribution in [0, 0.1) is 66.0 Å². The van der Waals surface area contributed by atoms with Crippen molar-refractivity contribution in [1.29, 1.82) is 10.5 Å². The molecule has 0 N–H and O–H groups in total. The summed E-state index contributed by atoms with van der Waals surface area (Å²) in [5.41, 5.74) is -2.76. The van der Waals surface area contributed by atoms with E-state index in [2.05, 4.69) is 9.69 Å². The Morgan fingerprint density at radius 2 is 1.21 bits per heavy atom. The molecule has 0 atom stereocenters. The summed E-state index contributed by atoms with van der Waals surface area (Å²) in [5.74, 6) is -5.56. The van der Waals surface area contributed by atoms with Gasteiger partial charge in [-0.05, 0) is 88.3 Å². The van der Waals surface area contributed by atoms with Crippen LogP contribution in [0.4, 0.5) is 36.4 Å². The Hall–Kier alpha value is -5.91. The van der Waals surface area contributed by atoms with Crippen LogP contribution in [0.3, 0.4) is 0 Å². The van der Waals surface area contributed by atoms with E-state index in [0.717, 1.165) is 12.1 Å². The van der Waals surface area contributed by atoms with Crippen LogP contribution in [-0.4, -0.2) is 0 Å². The highest BCUT2D eigenvalue weighted by atomic mass is 19.4. The van der Waals surface area contributed by atoms with Crippen molar-refractivity contribution < 1.29 is 30.7 Å². The van der Waals surface area contributed by atoms with E-state index in [0.29, 0.717) is 12.1 Å². The first-order valence-corrected chi connectivity index (χ1v) is 12.0. The second-order valence-corrected chi connectivity index (χ2v) is 9.41. The summed E-state index contributed by atoms with van der Waals surface area (Å²) in [5, 5.41) is 19.6. The lowest BCUT2D eigenvalue weighted by molar-refractivity contribution is -0.142. The minimum absolute atomic E-state index is 0.000124. The Morgan fingerprint density at radius 1 is 0.698 bits per heavy atom. The van der Waals surface area contributed by atoms with Gasteiger partial charge in [0.05, 0.1) is 30.8 Å². The SMILES string of the molecule is [C-]#[N+]/C(C#N)=C1/c2cc(-c3cc(F)c(C(F)(F)F)c(F)c3)c(C#N)cc2-c2cc([N+]#[C-])c(-c3cc(F)c(C)c(F)c3)cc21. The first kappa shape index (κ1) is 28.6. The summed E-state index contributed by atoms with van der Waals surface area (Å²) >= 11 is 0. The Bertz CT molecular complexity index is 2050. The molecule has 0 aromatic heterocycles. The van der Waals surface area contributed by atoms with E-state index in [9.17, 15) is 41.3 Å². The smallest absolute Gasteiger partial charge is 0.237 e. The summed E-state index contributed by atoms with van der Waals surface area (Å²) in [7, 11) is 0. The lowest BCUT2D eigenvalue weighted by Gasteiger charge is -2.13. The molecule has 0 heterocycles. The molecule has 1 aliphatic carbocycles. The van der Waals surface area contributed by atoms with Crippen LogP contribution in [0.1, 0.15) is 27.8 Å². The molecule has 0 saturated carbocycles. The number of halogens is 7. The number of nitrogens with zero attached hydrogens (tertiary/aromatic N) is 4. The fraction of sp³-hybridized carbons (Fsp3) is 0.0625. The molecule has 0 amide bonds. The van der Waals surface area contributed by atoms with Gasteiger partial charge in [-0.1, -0.05) is 6.07 Å². The molecule has 4 nitrogen and oxygen atoms in total. The summed E-state index contributed by atoms with van der Waals surface area (Å²) in [4.78, 5) is 6.73. The van der Waals surface area contributed by atoms with Gasteiger partial charge in [0.2, 0.25) is 0 Å². The monoisotopic (exact) mass is 584 g/mol. The highest BCUT2D eigenvalue weighted by molar-refractivity contribution is 6.07. The number of hydrogen-bond donors (Lipinski definition) is 0. The second kappa shape index (κ2) is 10.2. The van der Waals surface area contributed by atoms with E-state index in [1.54, 1.807) is 6.07 Å². The van der Waals surface area contributed by atoms with Crippen molar-refractivity contribution in [3.63, 3.8) is 0 Å². The highest BCUT2D eigenvalue weighted by Gasteiger charge is 2.38. The molecule has 0 spiro atoms. The molecule has 0 aliphatic heterocycles. The Kier molecular flexibility index (Phi) is 6.77. The van der Waals surface area contributed by atoms with Crippen molar-refractivity contribution in [1.82, 2.24) is 0 Å². The number of fused-ring (bicyclic) bond motifs is 3. The molecule has 0 radical (unpaired) electrons. The average Bonchev–Trinajstić information content (AvgIpc) is 3.26. The van der Waals surface area contributed by atoms with Gasteiger partial charge >= 0.3 is 6.18 Å². The minimum Gasteiger partial charge on any atom is -0.237 e. The van der Waals surface area contributed by atoms with Gasteiger partial charge in [-0.15, -0.1) is 0 Å². The van der Waals surface area contributed by atoms with Gasteiger partial charge in [-0.3, -0.25) is 0 Å². The second-order valence-electron chi connectivity index (χ2n) is 9.41. The van der Waals surface area contributed by atoms with E-state index in [4.69, 9.17) is 13.1 Å². The number of rotatable bonds is 2. The van der Waals surface area contributed by atoms with Crippen LogP contribution < -0.4 is 0 Å². The average molecular weight is 584 g/mol. The summed E-state index contributed by atoms with van der Waals surface area (Å²) < 4.78 is 97.3. The number of hydrogen-bond acceptors (Lipinski definition) is 2. The summed E-state index contributed by atoms with van der Waals surface area (Å²) in [6, 6.07) is 11.7. The molecule has 4 aromatic carbocycles. The van der Waals surface area contributed by atoms with Crippen LogP contribution in [-0.2, 0) is 6.18 Å². The van der Waals surface area contributed by atoms with Crippen molar-refractivity contribution in [2.24, 2.45) is 0 Å². The molecule has 0 bridgehead atoms.